The minimum absolute atomic E-state index is 0.109. The first-order valence-electron chi connectivity index (χ1n) is 12.4. The molecule has 0 bridgehead atoms. The third kappa shape index (κ3) is 7.71. The number of hydrogen-bond donors (Lipinski definition) is 2. The molecule has 2 aromatic rings. The molecule has 1 saturated heterocycles. The number of ether oxygens (including phenoxy) is 3. The molecule has 0 aliphatic carbocycles. The Bertz CT molecular complexity index is 1060. The number of methoxy groups -OCH3 is 2. The minimum Gasteiger partial charge on any atom is -0.383 e. The zero-order valence-corrected chi connectivity index (χ0v) is 23.4. The highest BCUT2D eigenvalue weighted by Gasteiger charge is 2.30. The second-order valence-corrected chi connectivity index (χ2v) is 10.6. The second-order valence-electron chi connectivity index (χ2n) is 9.80. The predicted octanol–water partition coefficient (Wildman–Crippen LogP) is 2.85. The molecule has 0 radical (unpaired) electrons. The summed E-state index contributed by atoms with van der Waals surface area (Å²) in [5.74, 6) is -0.647. The molecule has 0 saturated carbocycles. The Hall–Kier alpha value is -2.57. The van der Waals surface area contributed by atoms with Crippen LogP contribution in [0.3, 0.4) is 0 Å². The molecule has 1 atom stereocenters. The molecule has 10 nitrogen and oxygen atoms in total. The Kier molecular flexibility index (Phi) is 10.4. The van der Waals surface area contributed by atoms with E-state index >= 15 is 0 Å². The van der Waals surface area contributed by atoms with Gasteiger partial charge in [-0.3, -0.25) is 14.5 Å². The van der Waals surface area contributed by atoms with Gasteiger partial charge in [0, 0.05) is 51.8 Å². The van der Waals surface area contributed by atoms with Crippen LogP contribution in [0.1, 0.15) is 47.2 Å². The number of nitrogens with zero attached hydrogens (tertiary/aromatic N) is 3. The van der Waals surface area contributed by atoms with Gasteiger partial charge >= 0.3 is 0 Å². The summed E-state index contributed by atoms with van der Waals surface area (Å²) in [5.41, 5.74) is 1.99. The zero-order chi connectivity index (χ0) is 27.0. The summed E-state index contributed by atoms with van der Waals surface area (Å²) >= 11 is 1.39. The van der Waals surface area contributed by atoms with Crippen LogP contribution in [0.4, 0.5) is 10.8 Å². The number of benzene rings is 1. The zero-order valence-electron chi connectivity index (χ0n) is 22.6. The lowest BCUT2D eigenvalue weighted by Crippen LogP contribution is -2.52. The largest absolute Gasteiger partial charge is 0.383 e. The van der Waals surface area contributed by atoms with Crippen molar-refractivity contribution in [3.05, 3.63) is 40.4 Å². The quantitative estimate of drug-likeness (QED) is 0.402. The van der Waals surface area contributed by atoms with Gasteiger partial charge in [-0.1, -0.05) is 6.07 Å². The third-order valence-electron chi connectivity index (χ3n) is 6.45. The molecule has 0 spiro atoms. The van der Waals surface area contributed by atoms with Crippen molar-refractivity contribution in [2.45, 2.75) is 38.9 Å². The second kappa shape index (κ2) is 13.3. The van der Waals surface area contributed by atoms with Crippen LogP contribution in [0.15, 0.2) is 23.6 Å². The lowest BCUT2D eigenvalue weighted by atomic mass is 10.00. The Morgan fingerprint density at radius 2 is 2.05 bits per heavy atom. The number of aromatic nitrogens is 1. The first-order valence-corrected chi connectivity index (χ1v) is 13.3. The Balaban J connectivity index is 1.80. The SMILES string of the molecule is COCCNC(=O)c1cc(CN2CCOCC2(C)C)ccc1NC(=O)c1csc(N(C)[C@H](C)COC)n1. The van der Waals surface area contributed by atoms with E-state index in [-0.39, 0.29) is 23.4 Å². The van der Waals surface area contributed by atoms with Gasteiger partial charge in [0.15, 0.2) is 5.13 Å². The van der Waals surface area contributed by atoms with E-state index in [1.165, 1.54) is 11.3 Å². The van der Waals surface area contributed by atoms with Gasteiger partial charge in [0.25, 0.3) is 11.8 Å². The van der Waals surface area contributed by atoms with Crippen LogP contribution in [-0.4, -0.2) is 94.1 Å². The van der Waals surface area contributed by atoms with Gasteiger partial charge in [-0.05, 0) is 38.5 Å². The highest BCUT2D eigenvalue weighted by Crippen LogP contribution is 2.26. The van der Waals surface area contributed by atoms with Crippen molar-refractivity contribution in [2.75, 3.05) is 71.0 Å². The van der Waals surface area contributed by atoms with Crippen LogP contribution in [0.2, 0.25) is 0 Å². The maximum absolute atomic E-state index is 13.1. The number of carbonyl (C=O) groups excluding carboxylic acids is 2. The van der Waals surface area contributed by atoms with Crippen molar-refractivity contribution in [3.8, 4) is 0 Å². The molecule has 1 aliphatic rings. The van der Waals surface area contributed by atoms with E-state index < -0.39 is 0 Å². The smallest absolute Gasteiger partial charge is 0.275 e. The molecule has 2 amide bonds. The molecule has 37 heavy (non-hydrogen) atoms. The average molecular weight is 534 g/mol. The number of thiazole rings is 1. The fourth-order valence-electron chi connectivity index (χ4n) is 4.01. The van der Waals surface area contributed by atoms with Gasteiger partial charge in [-0.15, -0.1) is 11.3 Å². The minimum atomic E-state index is -0.372. The van der Waals surface area contributed by atoms with Crippen LogP contribution in [0.5, 0.6) is 0 Å². The van der Waals surface area contributed by atoms with Crippen molar-refractivity contribution in [3.63, 3.8) is 0 Å². The molecule has 1 fully saturated rings. The third-order valence-corrected chi connectivity index (χ3v) is 7.39. The highest BCUT2D eigenvalue weighted by atomic mass is 32.1. The summed E-state index contributed by atoms with van der Waals surface area (Å²) in [6.45, 7) is 10.4. The van der Waals surface area contributed by atoms with Gasteiger partial charge < -0.3 is 29.7 Å². The van der Waals surface area contributed by atoms with Gasteiger partial charge in [0.2, 0.25) is 0 Å². The molecule has 2 N–H and O–H groups in total. The van der Waals surface area contributed by atoms with Crippen molar-refractivity contribution >= 4 is 34.0 Å². The number of rotatable bonds is 12. The molecule has 1 aromatic heterocycles. The van der Waals surface area contributed by atoms with Gasteiger partial charge in [-0.25, -0.2) is 4.98 Å². The van der Waals surface area contributed by atoms with Crippen molar-refractivity contribution in [2.24, 2.45) is 0 Å². The summed E-state index contributed by atoms with van der Waals surface area (Å²) in [4.78, 5) is 35.0. The fraction of sp³-hybridized carbons (Fsp3) is 0.577. The van der Waals surface area contributed by atoms with Gasteiger partial charge in [-0.2, -0.15) is 0 Å². The first kappa shape index (κ1) is 29.0. The average Bonchev–Trinajstić information content (AvgIpc) is 3.36. The standard InChI is InChI=1S/C26H39N5O5S/c1-18(15-35-6)30(4)25-29-22(16-37-25)24(33)28-21-8-7-19(13-20(21)23(32)27-9-11-34-5)14-31-10-12-36-17-26(31,2)3/h7-8,13,16,18H,9-12,14-15,17H2,1-6H3,(H,27,32)(H,28,33)/t18-/m1/s1. The predicted molar refractivity (Wildman–Crippen MR) is 146 cm³/mol. The normalized spacial score (nSPS) is 16.3. The molecule has 204 valence electrons. The van der Waals surface area contributed by atoms with E-state index in [1.807, 2.05) is 31.0 Å². The van der Waals surface area contributed by atoms with Crippen LogP contribution in [0, 0.1) is 0 Å². The number of hydrogen-bond acceptors (Lipinski definition) is 9. The summed E-state index contributed by atoms with van der Waals surface area (Å²) in [7, 11) is 5.15. The highest BCUT2D eigenvalue weighted by molar-refractivity contribution is 7.14. The molecule has 11 heteroatoms. The number of carbonyl (C=O) groups is 2. The maximum Gasteiger partial charge on any atom is 0.275 e. The molecular weight excluding hydrogens is 494 g/mol. The first-order chi connectivity index (χ1) is 17.7. The topological polar surface area (TPSA) is 105 Å². The van der Waals surface area contributed by atoms with E-state index in [2.05, 4.69) is 34.4 Å². The summed E-state index contributed by atoms with van der Waals surface area (Å²) in [6, 6.07) is 5.68. The molecule has 3 rings (SSSR count). The van der Waals surface area contributed by atoms with E-state index in [0.717, 1.165) is 17.2 Å². The maximum atomic E-state index is 13.1. The van der Waals surface area contributed by atoms with E-state index in [4.69, 9.17) is 14.2 Å². The van der Waals surface area contributed by atoms with Crippen LogP contribution in [-0.2, 0) is 20.8 Å². The number of anilines is 2. The number of nitrogens with one attached hydrogen (secondary N) is 2. The number of likely N-dealkylation sites (N-methyl/N-ethyl adjacent to an activating group) is 1. The number of amides is 2. The van der Waals surface area contributed by atoms with Crippen molar-refractivity contribution < 1.29 is 23.8 Å². The fourth-order valence-corrected chi connectivity index (χ4v) is 4.89. The van der Waals surface area contributed by atoms with E-state index in [0.29, 0.717) is 56.5 Å². The van der Waals surface area contributed by atoms with Gasteiger partial charge in [0.05, 0.1) is 43.7 Å². The van der Waals surface area contributed by atoms with Crippen LogP contribution >= 0.6 is 11.3 Å². The lowest BCUT2D eigenvalue weighted by molar-refractivity contribution is -0.0552. The molecule has 0 unspecified atom stereocenters. The summed E-state index contributed by atoms with van der Waals surface area (Å²) in [6.07, 6.45) is 0. The van der Waals surface area contributed by atoms with E-state index in [9.17, 15) is 9.59 Å². The van der Waals surface area contributed by atoms with Crippen molar-refractivity contribution in [1.29, 1.82) is 0 Å². The molecule has 2 heterocycles. The molecule has 1 aliphatic heterocycles. The summed E-state index contributed by atoms with van der Waals surface area (Å²) in [5, 5.41) is 8.19. The monoisotopic (exact) mass is 533 g/mol. The van der Waals surface area contributed by atoms with E-state index in [1.54, 1.807) is 25.7 Å². The Morgan fingerprint density at radius 3 is 2.76 bits per heavy atom. The molecule has 1 aromatic carbocycles. The van der Waals surface area contributed by atoms with Crippen molar-refractivity contribution in [1.82, 2.24) is 15.2 Å². The Morgan fingerprint density at radius 1 is 1.27 bits per heavy atom. The molecular formula is C26H39N5O5S. The summed E-state index contributed by atoms with van der Waals surface area (Å²) < 4.78 is 15.9. The number of morpholine rings is 1. The van der Waals surface area contributed by atoms with Gasteiger partial charge in [0.1, 0.15) is 5.69 Å². The van der Waals surface area contributed by atoms with Crippen LogP contribution < -0.4 is 15.5 Å². The van der Waals surface area contributed by atoms with Crippen LogP contribution in [0.25, 0.3) is 0 Å². The lowest BCUT2D eigenvalue weighted by Gasteiger charge is -2.42. The Labute approximate surface area is 223 Å².